The largest absolute Gasteiger partial charge is 0.482 e. The van der Waals surface area contributed by atoms with E-state index in [0.717, 1.165) is 5.56 Å². The number of aryl methyl sites for hydroxylation is 1. The summed E-state index contributed by atoms with van der Waals surface area (Å²) in [6.07, 6.45) is 2.16. The summed E-state index contributed by atoms with van der Waals surface area (Å²) in [7, 11) is 0. The van der Waals surface area contributed by atoms with Crippen LogP contribution in [-0.2, 0) is 16.0 Å². The summed E-state index contributed by atoms with van der Waals surface area (Å²) >= 11 is 12.2. The molecule has 1 N–H and O–H groups in total. The lowest BCUT2D eigenvalue weighted by Gasteiger charge is -2.19. The zero-order chi connectivity index (χ0) is 23.8. The summed E-state index contributed by atoms with van der Waals surface area (Å²) < 4.78 is 11.3. The molecular formula is C24H25Cl2N3O4. The highest BCUT2D eigenvalue weighted by molar-refractivity contribution is 6.32. The Morgan fingerprint density at radius 1 is 1.09 bits per heavy atom. The summed E-state index contributed by atoms with van der Waals surface area (Å²) in [5.41, 5.74) is 1.39. The van der Waals surface area contributed by atoms with Gasteiger partial charge in [0.05, 0.1) is 11.2 Å². The number of rotatable bonds is 10. The second kappa shape index (κ2) is 11.7. The first-order valence-electron chi connectivity index (χ1n) is 10.6. The highest BCUT2D eigenvalue weighted by Crippen LogP contribution is 2.28. The smallest absolute Gasteiger partial charge is 0.260 e. The van der Waals surface area contributed by atoms with Gasteiger partial charge in [0.25, 0.3) is 5.91 Å². The Morgan fingerprint density at radius 3 is 2.48 bits per heavy atom. The highest BCUT2D eigenvalue weighted by Gasteiger charge is 2.13. The first-order valence-corrected chi connectivity index (χ1v) is 11.4. The van der Waals surface area contributed by atoms with Crippen LogP contribution < -0.4 is 10.1 Å². The number of benzene rings is 2. The third-order valence-electron chi connectivity index (χ3n) is 4.93. The van der Waals surface area contributed by atoms with E-state index in [1.165, 1.54) is 0 Å². The number of oxazole rings is 1. The van der Waals surface area contributed by atoms with E-state index >= 15 is 0 Å². The Morgan fingerprint density at radius 2 is 1.82 bits per heavy atom. The molecule has 1 heterocycles. The lowest BCUT2D eigenvalue weighted by molar-refractivity contribution is -0.133. The number of likely N-dealkylation sites (N-methyl/N-ethyl adjacent to an activating group) is 1. The van der Waals surface area contributed by atoms with Gasteiger partial charge in [0.1, 0.15) is 5.75 Å². The van der Waals surface area contributed by atoms with Gasteiger partial charge in [-0.3, -0.25) is 9.59 Å². The first-order chi connectivity index (χ1) is 15.9. The van der Waals surface area contributed by atoms with Crippen LogP contribution >= 0.6 is 23.2 Å². The summed E-state index contributed by atoms with van der Waals surface area (Å²) in [6, 6.07) is 12.1. The molecule has 0 saturated heterocycles. The molecule has 0 spiro atoms. The Labute approximate surface area is 202 Å². The Kier molecular flexibility index (Phi) is 8.74. The van der Waals surface area contributed by atoms with Crippen molar-refractivity contribution in [2.24, 2.45) is 0 Å². The fourth-order valence-corrected chi connectivity index (χ4v) is 3.48. The van der Waals surface area contributed by atoms with Gasteiger partial charge in [-0.2, -0.15) is 0 Å². The number of amides is 2. The van der Waals surface area contributed by atoms with Crippen LogP contribution in [-0.4, -0.2) is 41.4 Å². The maximum atomic E-state index is 12.3. The van der Waals surface area contributed by atoms with Gasteiger partial charge in [0.15, 0.2) is 18.3 Å². The summed E-state index contributed by atoms with van der Waals surface area (Å²) in [6.45, 7) is 4.96. The third-order valence-corrected chi connectivity index (χ3v) is 5.48. The van der Waals surface area contributed by atoms with Crippen molar-refractivity contribution in [1.82, 2.24) is 9.88 Å². The van der Waals surface area contributed by atoms with Crippen LogP contribution in [0, 0.1) is 0 Å². The van der Waals surface area contributed by atoms with E-state index in [4.69, 9.17) is 32.4 Å². The molecule has 0 aliphatic carbocycles. The van der Waals surface area contributed by atoms with Gasteiger partial charge in [0.2, 0.25) is 5.91 Å². The van der Waals surface area contributed by atoms with Gasteiger partial charge < -0.3 is 19.4 Å². The fourth-order valence-electron chi connectivity index (χ4n) is 3.12. The van der Waals surface area contributed by atoms with Crippen molar-refractivity contribution in [3.8, 4) is 17.1 Å². The summed E-state index contributed by atoms with van der Waals surface area (Å²) in [4.78, 5) is 30.3. The number of hydrogen-bond donors (Lipinski definition) is 1. The zero-order valence-electron chi connectivity index (χ0n) is 18.4. The SMILES string of the molecule is CCN(CC)C(=O)COc1ccc(NC(=O)CCc2ncc(-c3ccc(Cl)cc3)o2)cc1Cl. The molecule has 0 atom stereocenters. The number of nitrogens with one attached hydrogen (secondary N) is 1. The zero-order valence-corrected chi connectivity index (χ0v) is 19.9. The number of hydrogen-bond acceptors (Lipinski definition) is 5. The molecule has 0 fully saturated rings. The number of carbonyl (C=O) groups is 2. The summed E-state index contributed by atoms with van der Waals surface area (Å²) in [5, 5.41) is 3.74. The first kappa shape index (κ1) is 24.6. The third kappa shape index (κ3) is 6.97. The van der Waals surface area contributed by atoms with Gasteiger partial charge >= 0.3 is 0 Å². The number of anilines is 1. The van der Waals surface area contributed by atoms with E-state index in [9.17, 15) is 9.59 Å². The topological polar surface area (TPSA) is 84.7 Å². The van der Waals surface area contributed by atoms with Crippen molar-refractivity contribution in [3.05, 3.63) is 64.6 Å². The maximum Gasteiger partial charge on any atom is 0.260 e. The second-order valence-corrected chi connectivity index (χ2v) is 8.02. The molecule has 3 rings (SSSR count). The van der Waals surface area contributed by atoms with Crippen LogP contribution in [0.1, 0.15) is 26.2 Å². The van der Waals surface area contributed by atoms with Crippen LogP contribution in [0.4, 0.5) is 5.69 Å². The number of ether oxygens (including phenoxy) is 1. The lowest BCUT2D eigenvalue weighted by atomic mass is 10.2. The Bertz CT molecular complexity index is 1100. The standard InChI is InChI=1S/C24H25Cl2N3O4/c1-3-29(4-2)24(31)15-32-20-10-9-18(13-19(20)26)28-22(30)11-12-23-27-14-21(33-23)16-5-7-17(25)8-6-16/h5-10,13-14H,3-4,11-12,15H2,1-2H3,(H,28,30). The van der Waals surface area contributed by atoms with E-state index in [0.29, 0.717) is 52.6 Å². The summed E-state index contributed by atoms with van der Waals surface area (Å²) in [5.74, 6) is 1.14. The van der Waals surface area contributed by atoms with Crippen molar-refractivity contribution in [2.45, 2.75) is 26.7 Å². The van der Waals surface area contributed by atoms with Gasteiger partial charge in [-0.25, -0.2) is 4.98 Å². The molecule has 0 aliphatic rings. The van der Waals surface area contributed by atoms with Crippen LogP contribution in [0.5, 0.6) is 5.75 Å². The number of halogens is 2. The molecule has 33 heavy (non-hydrogen) atoms. The van der Waals surface area contributed by atoms with E-state index in [-0.39, 0.29) is 24.8 Å². The monoisotopic (exact) mass is 489 g/mol. The Hall–Kier alpha value is -3.03. The van der Waals surface area contributed by atoms with Crippen molar-refractivity contribution < 1.29 is 18.7 Å². The molecule has 174 valence electrons. The number of carbonyl (C=O) groups excluding carboxylic acids is 2. The second-order valence-electron chi connectivity index (χ2n) is 7.17. The molecular weight excluding hydrogens is 465 g/mol. The van der Waals surface area contributed by atoms with Gasteiger partial charge in [-0.1, -0.05) is 23.2 Å². The maximum absolute atomic E-state index is 12.3. The molecule has 0 radical (unpaired) electrons. The molecule has 9 heteroatoms. The van der Waals surface area contributed by atoms with Crippen LogP contribution in [0.2, 0.25) is 10.0 Å². The fraction of sp³-hybridized carbons (Fsp3) is 0.292. The minimum absolute atomic E-state index is 0.0960. The molecule has 0 bridgehead atoms. The van der Waals surface area contributed by atoms with Crippen molar-refractivity contribution >= 4 is 40.7 Å². The Balaban J connectivity index is 1.50. The van der Waals surface area contributed by atoms with Gasteiger partial charge in [-0.15, -0.1) is 0 Å². The van der Waals surface area contributed by atoms with Crippen molar-refractivity contribution in [3.63, 3.8) is 0 Å². The van der Waals surface area contributed by atoms with E-state index in [2.05, 4.69) is 10.3 Å². The van der Waals surface area contributed by atoms with Crippen LogP contribution in [0.3, 0.4) is 0 Å². The van der Waals surface area contributed by atoms with Crippen LogP contribution in [0.25, 0.3) is 11.3 Å². The van der Waals surface area contributed by atoms with Crippen molar-refractivity contribution in [1.29, 1.82) is 0 Å². The minimum atomic E-state index is -0.206. The molecule has 7 nitrogen and oxygen atoms in total. The average Bonchev–Trinajstić information content (AvgIpc) is 3.27. The predicted octanol–water partition coefficient (Wildman–Crippen LogP) is 5.47. The van der Waals surface area contributed by atoms with E-state index in [1.54, 1.807) is 41.4 Å². The molecule has 2 amide bonds. The number of nitrogens with zero attached hydrogens (tertiary/aromatic N) is 2. The minimum Gasteiger partial charge on any atom is -0.482 e. The predicted molar refractivity (Wildman–Crippen MR) is 129 cm³/mol. The molecule has 3 aromatic rings. The molecule has 0 unspecified atom stereocenters. The van der Waals surface area contributed by atoms with Gasteiger partial charge in [-0.05, 0) is 56.3 Å². The molecule has 0 aliphatic heterocycles. The lowest BCUT2D eigenvalue weighted by Crippen LogP contribution is -2.34. The highest BCUT2D eigenvalue weighted by atomic mass is 35.5. The van der Waals surface area contributed by atoms with Gasteiger partial charge in [0, 0.05) is 42.2 Å². The molecule has 1 aromatic heterocycles. The molecule has 0 saturated carbocycles. The van der Waals surface area contributed by atoms with Crippen molar-refractivity contribution in [2.75, 3.05) is 25.0 Å². The average molecular weight is 490 g/mol. The van der Waals surface area contributed by atoms with E-state index < -0.39 is 0 Å². The normalized spacial score (nSPS) is 10.7. The van der Waals surface area contributed by atoms with Crippen LogP contribution in [0.15, 0.2) is 53.1 Å². The number of aromatic nitrogens is 1. The molecule has 2 aromatic carbocycles. The quantitative estimate of drug-likeness (QED) is 0.408. The van der Waals surface area contributed by atoms with E-state index in [1.807, 2.05) is 26.0 Å².